The molecule has 4 aromatic rings. The molecular formula is C27H27N3O. The van der Waals surface area contributed by atoms with Gasteiger partial charge in [0.15, 0.2) is 0 Å². The van der Waals surface area contributed by atoms with E-state index in [1.807, 2.05) is 25.1 Å². The summed E-state index contributed by atoms with van der Waals surface area (Å²) >= 11 is 0. The van der Waals surface area contributed by atoms with Gasteiger partial charge in [0.1, 0.15) is 5.75 Å². The Morgan fingerprint density at radius 2 is 1.71 bits per heavy atom. The highest BCUT2D eigenvalue weighted by molar-refractivity contribution is 5.85. The second kappa shape index (κ2) is 7.95. The van der Waals surface area contributed by atoms with Gasteiger partial charge in [0.2, 0.25) is 5.95 Å². The zero-order valence-electron chi connectivity index (χ0n) is 18.2. The number of imidazole rings is 1. The number of allylic oxidation sites excluding steroid dienone is 1. The van der Waals surface area contributed by atoms with E-state index in [1.54, 1.807) is 0 Å². The lowest BCUT2D eigenvalue weighted by atomic mass is 9.98. The first-order chi connectivity index (χ1) is 15.1. The summed E-state index contributed by atoms with van der Waals surface area (Å²) in [6, 6.07) is 25.5. The van der Waals surface area contributed by atoms with Crippen LogP contribution in [0.25, 0.3) is 16.7 Å². The maximum atomic E-state index is 5.65. The van der Waals surface area contributed by atoms with Crippen molar-refractivity contribution in [2.75, 3.05) is 11.9 Å². The fraction of sp³-hybridized carbons (Fsp3) is 0.222. The molecule has 0 amide bonds. The minimum Gasteiger partial charge on any atom is -0.494 e. The zero-order chi connectivity index (χ0) is 21.4. The first kappa shape index (κ1) is 19.4. The van der Waals surface area contributed by atoms with Gasteiger partial charge in [0.25, 0.3) is 0 Å². The maximum Gasteiger partial charge on any atom is 0.209 e. The van der Waals surface area contributed by atoms with Crippen LogP contribution in [0, 0.1) is 0 Å². The van der Waals surface area contributed by atoms with E-state index in [1.165, 1.54) is 16.7 Å². The van der Waals surface area contributed by atoms with Crippen LogP contribution in [0.4, 0.5) is 5.95 Å². The zero-order valence-corrected chi connectivity index (χ0v) is 18.2. The molecule has 5 rings (SSSR count). The lowest BCUT2D eigenvalue weighted by molar-refractivity contribution is 0.340. The fourth-order valence-electron chi connectivity index (χ4n) is 4.20. The average Bonchev–Trinajstić information content (AvgIpc) is 3.18. The Balaban J connectivity index is 1.61. The van der Waals surface area contributed by atoms with Gasteiger partial charge in [-0.05, 0) is 59.9 Å². The molecule has 156 valence electrons. The van der Waals surface area contributed by atoms with E-state index in [9.17, 15) is 0 Å². The molecule has 1 atom stereocenters. The van der Waals surface area contributed by atoms with Gasteiger partial charge in [-0.15, -0.1) is 0 Å². The smallest absolute Gasteiger partial charge is 0.209 e. The second-order valence-electron chi connectivity index (χ2n) is 8.22. The van der Waals surface area contributed by atoms with Crippen LogP contribution >= 0.6 is 0 Å². The van der Waals surface area contributed by atoms with Crippen LogP contribution < -0.4 is 10.1 Å². The summed E-state index contributed by atoms with van der Waals surface area (Å²) < 4.78 is 7.92. The lowest BCUT2D eigenvalue weighted by Gasteiger charge is -2.27. The summed E-state index contributed by atoms with van der Waals surface area (Å²) in [5.41, 5.74) is 6.90. The fourth-order valence-corrected chi connectivity index (χ4v) is 4.20. The Hall–Kier alpha value is -3.53. The van der Waals surface area contributed by atoms with Gasteiger partial charge in [-0.1, -0.05) is 62.4 Å². The van der Waals surface area contributed by atoms with Gasteiger partial charge in [-0.25, -0.2) is 4.98 Å². The molecule has 2 heterocycles. The Bertz CT molecular complexity index is 1230. The Kier molecular flexibility index (Phi) is 4.99. The van der Waals surface area contributed by atoms with Gasteiger partial charge in [0.05, 0.1) is 23.7 Å². The summed E-state index contributed by atoms with van der Waals surface area (Å²) in [4.78, 5) is 4.88. The minimum atomic E-state index is 0.0408. The third-order valence-corrected chi connectivity index (χ3v) is 5.87. The quantitative estimate of drug-likeness (QED) is 0.403. The Labute approximate surface area is 183 Å². The number of para-hydroxylation sites is 2. The molecule has 31 heavy (non-hydrogen) atoms. The van der Waals surface area contributed by atoms with Gasteiger partial charge < -0.3 is 10.1 Å². The van der Waals surface area contributed by atoms with Gasteiger partial charge >= 0.3 is 0 Å². The number of hydrogen-bond donors (Lipinski definition) is 1. The van der Waals surface area contributed by atoms with Gasteiger partial charge in [-0.2, -0.15) is 0 Å². The number of benzene rings is 3. The minimum absolute atomic E-state index is 0.0408. The number of anilines is 1. The highest BCUT2D eigenvalue weighted by Crippen LogP contribution is 2.37. The molecule has 1 aliphatic heterocycles. The van der Waals surface area contributed by atoms with Crippen molar-refractivity contribution >= 4 is 22.7 Å². The van der Waals surface area contributed by atoms with E-state index in [2.05, 4.69) is 84.4 Å². The van der Waals surface area contributed by atoms with Crippen molar-refractivity contribution in [3.05, 3.63) is 95.6 Å². The van der Waals surface area contributed by atoms with Gasteiger partial charge in [-0.3, -0.25) is 4.57 Å². The molecule has 0 bridgehead atoms. The highest BCUT2D eigenvalue weighted by Gasteiger charge is 2.25. The number of fused-ring (bicyclic) bond motifs is 3. The van der Waals surface area contributed by atoms with Crippen molar-refractivity contribution in [3.8, 4) is 5.75 Å². The van der Waals surface area contributed by atoms with E-state index in [0.29, 0.717) is 12.5 Å². The molecule has 0 fully saturated rings. The monoisotopic (exact) mass is 409 g/mol. The van der Waals surface area contributed by atoms with Crippen LogP contribution in [-0.4, -0.2) is 16.2 Å². The van der Waals surface area contributed by atoms with Gasteiger partial charge in [0, 0.05) is 5.70 Å². The van der Waals surface area contributed by atoms with E-state index >= 15 is 0 Å². The van der Waals surface area contributed by atoms with Crippen molar-refractivity contribution in [2.24, 2.45) is 0 Å². The van der Waals surface area contributed by atoms with Crippen molar-refractivity contribution in [3.63, 3.8) is 0 Å². The summed E-state index contributed by atoms with van der Waals surface area (Å²) in [5.74, 6) is 2.28. The van der Waals surface area contributed by atoms with Crippen LogP contribution in [-0.2, 0) is 0 Å². The van der Waals surface area contributed by atoms with Crippen LogP contribution in [0.3, 0.4) is 0 Å². The summed E-state index contributed by atoms with van der Waals surface area (Å²) in [6.45, 7) is 7.11. The first-order valence-electron chi connectivity index (χ1n) is 10.9. The molecule has 0 saturated carbocycles. The largest absolute Gasteiger partial charge is 0.494 e. The molecule has 0 saturated heterocycles. The SMILES string of the molecule is CCOc1ccc([C@@H]2C=C(c3ccc(C(C)C)cc3)Nc3nc4ccccc4n32)cc1. The molecule has 4 nitrogen and oxygen atoms in total. The molecule has 1 aromatic heterocycles. The molecule has 3 aromatic carbocycles. The van der Waals surface area contributed by atoms with Crippen molar-refractivity contribution in [1.82, 2.24) is 9.55 Å². The van der Waals surface area contributed by atoms with Crippen molar-refractivity contribution < 1.29 is 4.74 Å². The van der Waals surface area contributed by atoms with Crippen LogP contribution in [0.5, 0.6) is 5.75 Å². The third-order valence-electron chi connectivity index (χ3n) is 5.87. The summed E-state index contributed by atoms with van der Waals surface area (Å²) in [5, 5.41) is 3.57. The number of nitrogens with zero attached hydrogens (tertiary/aromatic N) is 2. The molecule has 4 heteroatoms. The average molecular weight is 410 g/mol. The van der Waals surface area contributed by atoms with Crippen molar-refractivity contribution in [2.45, 2.75) is 32.7 Å². The molecule has 0 unspecified atom stereocenters. The van der Waals surface area contributed by atoms with Crippen molar-refractivity contribution in [1.29, 1.82) is 0 Å². The van der Waals surface area contributed by atoms with E-state index in [0.717, 1.165) is 28.4 Å². The maximum absolute atomic E-state index is 5.65. The normalized spacial score (nSPS) is 15.5. The number of rotatable bonds is 5. The standard InChI is InChI=1S/C27H27N3O/c1-4-31-22-15-13-21(14-16-22)26-17-24(20-11-9-19(10-12-20)18(2)3)29-27-28-23-7-5-6-8-25(23)30(26)27/h5-18,26H,4H2,1-3H3,(H,28,29)/t26-/m0/s1. The Morgan fingerprint density at radius 3 is 2.42 bits per heavy atom. The third kappa shape index (κ3) is 3.59. The molecule has 1 N–H and O–H groups in total. The predicted octanol–water partition coefficient (Wildman–Crippen LogP) is 6.61. The number of hydrogen-bond acceptors (Lipinski definition) is 3. The highest BCUT2D eigenvalue weighted by atomic mass is 16.5. The molecule has 0 radical (unpaired) electrons. The first-order valence-corrected chi connectivity index (χ1v) is 10.9. The second-order valence-corrected chi connectivity index (χ2v) is 8.22. The van der Waals surface area contributed by atoms with Crippen LogP contribution in [0.2, 0.25) is 0 Å². The van der Waals surface area contributed by atoms with E-state index in [4.69, 9.17) is 9.72 Å². The van der Waals surface area contributed by atoms with E-state index < -0.39 is 0 Å². The number of aromatic nitrogens is 2. The Morgan fingerprint density at radius 1 is 0.968 bits per heavy atom. The molecule has 1 aliphatic rings. The number of nitrogens with one attached hydrogen (secondary N) is 1. The summed E-state index contributed by atoms with van der Waals surface area (Å²) in [7, 11) is 0. The van der Waals surface area contributed by atoms with Crippen LogP contribution in [0.15, 0.2) is 78.9 Å². The molecule has 0 aliphatic carbocycles. The summed E-state index contributed by atoms with van der Waals surface area (Å²) in [6.07, 6.45) is 2.29. The molecule has 0 spiro atoms. The predicted molar refractivity (Wildman–Crippen MR) is 128 cm³/mol. The number of ether oxygens (including phenoxy) is 1. The lowest BCUT2D eigenvalue weighted by Crippen LogP contribution is -2.19. The van der Waals surface area contributed by atoms with Crippen LogP contribution in [0.1, 0.15) is 49.4 Å². The topological polar surface area (TPSA) is 39.1 Å². The molecular weight excluding hydrogens is 382 g/mol. The van der Waals surface area contributed by atoms with E-state index in [-0.39, 0.29) is 6.04 Å².